The van der Waals surface area contributed by atoms with Crippen molar-refractivity contribution < 1.29 is 29.0 Å². The number of unbranched alkanes of at least 4 members (excludes halogenated alkanes) is 2. The number of carbonyl (C=O) groups is 4. The second-order valence-electron chi connectivity index (χ2n) is 10.5. The SMILES string of the molecule is O=C(CNC(=O)c1ccc(Nc2ccc([N+](=O)[O-])c3c2NON3)cc1)NCCCCCNC(=O)c1ccc(/C=C2\SC(=S)NC2=O)cc1. The maximum atomic E-state index is 12.5. The lowest BCUT2D eigenvalue weighted by Gasteiger charge is -2.11. The van der Waals surface area contributed by atoms with Gasteiger partial charge in [0.15, 0.2) is 5.69 Å². The highest BCUT2D eigenvalue weighted by atomic mass is 32.2. The van der Waals surface area contributed by atoms with Gasteiger partial charge in [0.1, 0.15) is 10.0 Å². The van der Waals surface area contributed by atoms with E-state index in [1.165, 1.54) is 23.9 Å². The molecule has 2 aliphatic heterocycles. The number of benzene rings is 3. The van der Waals surface area contributed by atoms with Gasteiger partial charge in [-0.25, -0.2) is 11.0 Å². The molecule has 0 saturated carbocycles. The number of amides is 4. The van der Waals surface area contributed by atoms with Crippen molar-refractivity contribution in [2.75, 3.05) is 35.9 Å². The number of carbonyl (C=O) groups excluding carboxylic acids is 4. The summed E-state index contributed by atoms with van der Waals surface area (Å²) in [5.41, 5.74) is 8.27. The van der Waals surface area contributed by atoms with E-state index in [0.29, 0.717) is 56.9 Å². The van der Waals surface area contributed by atoms with Crippen molar-refractivity contribution in [2.45, 2.75) is 19.3 Å². The molecule has 17 heteroatoms. The lowest BCUT2D eigenvalue weighted by Crippen LogP contribution is -2.37. The summed E-state index contributed by atoms with van der Waals surface area (Å²) in [6, 6.07) is 16.3. The normalized spacial score (nSPS) is 14.0. The zero-order valence-corrected chi connectivity index (χ0v) is 26.8. The fraction of sp³-hybridized carbons (Fsp3) is 0.194. The summed E-state index contributed by atoms with van der Waals surface area (Å²) in [4.78, 5) is 65.0. The second kappa shape index (κ2) is 15.9. The lowest BCUT2D eigenvalue weighted by atomic mass is 10.1. The first-order valence-corrected chi connectivity index (χ1v) is 15.9. The molecule has 5 rings (SSSR count). The average Bonchev–Trinajstić information content (AvgIpc) is 3.69. The van der Waals surface area contributed by atoms with Crippen LogP contribution >= 0.6 is 24.0 Å². The number of thiocarbonyl (C=S) groups is 1. The average molecular weight is 691 g/mol. The van der Waals surface area contributed by atoms with Crippen LogP contribution in [0.1, 0.15) is 45.5 Å². The van der Waals surface area contributed by atoms with Gasteiger partial charge in [0, 0.05) is 36.0 Å². The first kappa shape index (κ1) is 33.8. The van der Waals surface area contributed by atoms with E-state index >= 15 is 0 Å². The number of nitro benzene ring substituents is 1. The summed E-state index contributed by atoms with van der Waals surface area (Å²) in [5.74, 6) is -1.17. The van der Waals surface area contributed by atoms with Crippen LogP contribution in [0.4, 0.5) is 28.4 Å². The van der Waals surface area contributed by atoms with Gasteiger partial charge in [0.25, 0.3) is 23.4 Å². The van der Waals surface area contributed by atoms with Crippen LogP contribution in [0.25, 0.3) is 6.08 Å². The van der Waals surface area contributed by atoms with Crippen molar-refractivity contribution in [1.82, 2.24) is 21.3 Å². The number of anilines is 4. The quantitative estimate of drug-likeness (QED) is 0.0422. The Morgan fingerprint density at radius 2 is 1.50 bits per heavy atom. The van der Waals surface area contributed by atoms with Gasteiger partial charge >= 0.3 is 0 Å². The molecule has 0 bridgehead atoms. The highest BCUT2D eigenvalue weighted by Gasteiger charge is 2.26. The molecule has 7 N–H and O–H groups in total. The molecule has 1 fully saturated rings. The predicted molar refractivity (Wildman–Crippen MR) is 185 cm³/mol. The lowest BCUT2D eigenvalue weighted by molar-refractivity contribution is -0.384. The molecular weight excluding hydrogens is 661 g/mol. The molecule has 2 heterocycles. The Morgan fingerprint density at radius 1 is 0.854 bits per heavy atom. The molecule has 4 amide bonds. The van der Waals surface area contributed by atoms with E-state index in [2.05, 4.69) is 37.5 Å². The minimum atomic E-state index is -0.523. The number of nitrogens with zero attached hydrogens (tertiary/aromatic N) is 1. The molecule has 0 radical (unpaired) electrons. The third-order valence-electron chi connectivity index (χ3n) is 7.10. The van der Waals surface area contributed by atoms with Crippen LogP contribution in [0, 0.1) is 10.1 Å². The minimum absolute atomic E-state index is 0.143. The molecule has 2 aliphatic rings. The van der Waals surface area contributed by atoms with Crippen LogP contribution in [-0.2, 0) is 14.5 Å². The van der Waals surface area contributed by atoms with Gasteiger partial charge in [0.2, 0.25) is 5.91 Å². The Bertz CT molecular complexity index is 1780. The Balaban J connectivity index is 0.945. The van der Waals surface area contributed by atoms with Crippen LogP contribution in [0.15, 0.2) is 65.6 Å². The fourth-order valence-corrected chi connectivity index (χ4v) is 5.68. The summed E-state index contributed by atoms with van der Waals surface area (Å²) in [6.45, 7) is 0.733. The number of fused-ring (bicyclic) bond motifs is 1. The summed E-state index contributed by atoms with van der Waals surface area (Å²) in [7, 11) is 0. The fourth-order valence-electron chi connectivity index (χ4n) is 4.63. The largest absolute Gasteiger partial charge is 0.355 e. The van der Waals surface area contributed by atoms with Crippen LogP contribution in [0.5, 0.6) is 0 Å². The molecule has 0 aromatic heterocycles. The van der Waals surface area contributed by atoms with Gasteiger partial charge in [-0.15, -0.1) is 0 Å². The number of nitro groups is 1. The van der Waals surface area contributed by atoms with Crippen LogP contribution < -0.4 is 37.5 Å². The maximum absolute atomic E-state index is 12.5. The van der Waals surface area contributed by atoms with Crippen molar-refractivity contribution in [3.8, 4) is 0 Å². The van der Waals surface area contributed by atoms with Gasteiger partial charge in [-0.2, -0.15) is 4.94 Å². The van der Waals surface area contributed by atoms with E-state index in [-0.39, 0.29) is 35.6 Å². The molecule has 0 spiro atoms. The zero-order chi connectivity index (χ0) is 34.0. The van der Waals surface area contributed by atoms with E-state index in [0.717, 1.165) is 18.4 Å². The highest BCUT2D eigenvalue weighted by molar-refractivity contribution is 8.26. The minimum Gasteiger partial charge on any atom is -0.355 e. The molecule has 3 aromatic carbocycles. The van der Waals surface area contributed by atoms with Crippen molar-refractivity contribution in [3.63, 3.8) is 0 Å². The first-order chi connectivity index (χ1) is 23.2. The summed E-state index contributed by atoms with van der Waals surface area (Å²) >= 11 is 6.18. The van der Waals surface area contributed by atoms with Gasteiger partial charge in [-0.05, 0) is 73.4 Å². The molecule has 0 atom stereocenters. The van der Waals surface area contributed by atoms with Gasteiger partial charge in [-0.3, -0.25) is 29.3 Å². The molecule has 3 aromatic rings. The third kappa shape index (κ3) is 8.84. The summed E-state index contributed by atoms with van der Waals surface area (Å²) < 4.78 is 0.420. The predicted octanol–water partition coefficient (Wildman–Crippen LogP) is 3.96. The van der Waals surface area contributed by atoms with E-state index in [4.69, 9.17) is 17.2 Å². The van der Waals surface area contributed by atoms with E-state index < -0.39 is 10.8 Å². The van der Waals surface area contributed by atoms with Crippen molar-refractivity contribution in [2.24, 2.45) is 0 Å². The Kier molecular flexibility index (Phi) is 11.2. The maximum Gasteiger partial charge on any atom is 0.297 e. The van der Waals surface area contributed by atoms with Crippen molar-refractivity contribution in [1.29, 1.82) is 0 Å². The molecule has 1 saturated heterocycles. The van der Waals surface area contributed by atoms with Crippen molar-refractivity contribution in [3.05, 3.63) is 92.4 Å². The molecule has 0 unspecified atom stereocenters. The van der Waals surface area contributed by atoms with Crippen molar-refractivity contribution >= 4 is 86.4 Å². The molecular formula is C31H30N8O7S2. The summed E-state index contributed by atoms with van der Waals surface area (Å²) in [6.07, 6.45) is 3.94. The van der Waals surface area contributed by atoms with E-state index in [1.807, 2.05) is 0 Å². The van der Waals surface area contributed by atoms with Crippen LogP contribution in [-0.4, -0.2) is 52.5 Å². The smallest absolute Gasteiger partial charge is 0.297 e. The topological polar surface area (TPSA) is 205 Å². The number of thioether (sulfide) groups is 1. The summed E-state index contributed by atoms with van der Waals surface area (Å²) in [5, 5.41) is 25.1. The zero-order valence-electron chi connectivity index (χ0n) is 25.2. The molecule has 15 nitrogen and oxygen atoms in total. The van der Waals surface area contributed by atoms with Gasteiger partial charge in [-0.1, -0.05) is 36.1 Å². The van der Waals surface area contributed by atoms with Gasteiger partial charge in [0.05, 0.1) is 22.1 Å². The molecule has 248 valence electrons. The Hall–Kier alpha value is -5.52. The molecule has 0 aliphatic carbocycles. The Labute approximate surface area is 283 Å². The highest BCUT2D eigenvalue weighted by Crippen LogP contribution is 2.42. The van der Waals surface area contributed by atoms with Crippen LogP contribution in [0.2, 0.25) is 0 Å². The number of nitrogens with one attached hydrogen (secondary N) is 7. The first-order valence-electron chi connectivity index (χ1n) is 14.7. The van der Waals surface area contributed by atoms with Crippen LogP contribution in [0.3, 0.4) is 0 Å². The number of rotatable bonds is 14. The number of hydrogen-bond acceptors (Lipinski definition) is 12. The molecule has 48 heavy (non-hydrogen) atoms. The third-order valence-corrected chi connectivity index (χ3v) is 8.26. The number of hydrogen-bond donors (Lipinski definition) is 7. The van der Waals surface area contributed by atoms with E-state index in [9.17, 15) is 29.3 Å². The monoisotopic (exact) mass is 690 g/mol. The Morgan fingerprint density at radius 3 is 2.17 bits per heavy atom. The standard InChI is InChI=1S/C31H30N8O7S2/c40-25(32-14-2-1-3-15-33-28(41)19-6-4-18(5-7-19)16-24-30(43)36-31(47)48-24)17-34-29(42)20-8-10-21(11-9-20)35-22-12-13-23(39(44)45)27-26(22)37-46-38-27/h4-13,16,35,37-38H,1-3,14-15,17H2,(H,32,40)(H,33,41)(H,34,42)(H,36,43,47)/b24-16-. The van der Waals surface area contributed by atoms with Gasteiger partial charge < -0.3 is 26.6 Å². The second-order valence-corrected chi connectivity index (χ2v) is 12.2. The van der Waals surface area contributed by atoms with E-state index in [1.54, 1.807) is 54.6 Å².